The fourth-order valence-corrected chi connectivity index (χ4v) is 2.74. The Balaban J connectivity index is 2.40. The van der Waals surface area contributed by atoms with E-state index in [1.54, 1.807) is 12.1 Å². The first kappa shape index (κ1) is 15.5. The van der Waals surface area contributed by atoms with Crippen LogP contribution in [0, 0.1) is 0 Å². The molecule has 21 heavy (non-hydrogen) atoms. The molecule has 0 aliphatic rings. The highest BCUT2D eigenvalue weighted by Crippen LogP contribution is 2.33. The van der Waals surface area contributed by atoms with Crippen molar-refractivity contribution in [2.45, 2.75) is 26.2 Å². The molecule has 2 aromatic carbocycles. The van der Waals surface area contributed by atoms with Gasteiger partial charge in [-0.3, -0.25) is 4.72 Å². The second-order valence-electron chi connectivity index (χ2n) is 6.02. The molecule has 0 saturated carbocycles. The van der Waals surface area contributed by atoms with Crippen LogP contribution in [0.15, 0.2) is 48.5 Å². The number of hydrogen-bond acceptors (Lipinski definition) is 2. The maximum absolute atomic E-state index is 11.0. The molecule has 0 amide bonds. The van der Waals surface area contributed by atoms with E-state index in [4.69, 9.17) is 5.14 Å². The van der Waals surface area contributed by atoms with Crippen LogP contribution in [0.3, 0.4) is 0 Å². The summed E-state index contributed by atoms with van der Waals surface area (Å²) in [5.41, 5.74) is 3.92. The molecule has 0 aliphatic heterocycles. The predicted molar refractivity (Wildman–Crippen MR) is 87.3 cm³/mol. The average Bonchev–Trinajstić information content (AvgIpc) is 2.37. The van der Waals surface area contributed by atoms with Crippen LogP contribution in [0.4, 0.5) is 5.69 Å². The van der Waals surface area contributed by atoms with E-state index < -0.39 is 10.2 Å². The zero-order valence-corrected chi connectivity index (χ0v) is 13.2. The van der Waals surface area contributed by atoms with Crippen LogP contribution < -0.4 is 9.86 Å². The number of nitrogens with two attached hydrogens (primary N) is 1. The van der Waals surface area contributed by atoms with Crippen molar-refractivity contribution in [3.05, 3.63) is 54.1 Å². The van der Waals surface area contributed by atoms with Crippen molar-refractivity contribution >= 4 is 15.9 Å². The highest BCUT2D eigenvalue weighted by molar-refractivity contribution is 7.90. The molecule has 4 nitrogen and oxygen atoms in total. The van der Waals surface area contributed by atoms with E-state index in [1.165, 1.54) is 5.56 Å². The molecule has 0 bridgehead atoms. The van der Waals surface area contributed by atoms with E-state index in [0.717, 1.165) is 11.1 Å². The standard InChI is InChI=1S/C16H20N2O2S/c1-16(2,3)15-7-5-4-6-14(15)12-8-10-13(11-9-12)18-21(17,19)20/h4-11,18H,1-3H3,(H2,17,19,20). The van der Waals surface area contributed by atoms with E-state index in [0.29, 0.717) is 5.69 Å². The Kier molecular flexibility index (Phi) is 4.07. The van der Waals surface area contributed by atoms with Crippen LogP contribution in [-0.2, 0) is 15.6 Å². The van der Waals surface area contributed by atoms with Gasteiger partial charge in [0.05, 0.1) is 0 Å². The third-order valence-corrected chi connectivity index (χ3v) is 3.71. The lowest BCUT2D eigenvalue weighted by Crippen LogP contribution is -2.21. The lowest BCUT2D eigenvalue weighted by Gasteiger charge is -2.23. The molecule has 0 aromatic heterocycles. The maximum atomic E-state index is 11.0. The minimum Gasteiger partial charge on any atom is -0.271 e. The fraction of sp³-hybridized carbons (Fsp3) is 0.250. The molecule has 0 fully saturated rings. The van der Waals surface area contributed by atoms with Crippen molar-refractivity contribution in [3.63, 3.8) is 0 Å². The minimum absolute atomic E-state index is 0.0358. The number of hydrogen-bond donors (Lipinski definition) is 2. The smallest absolute Gasteiger partial charge is 0.271 e. The Labute approximate surface area is 126 Å². The van der Waals surface area contributed by atoms with Gasteiger partial charge < -0.3 is 0 Å². The van der Waals surface area contributed by atoms with E-state index in [-0.39, 0.29) is 5.41 Å². The Morgan fingerprint density at radius 1 is 0.952 bits per heavy atom. The van der Waals surface area contributed by atoms with Gasteiger partial charge in [-0.15, -0.1) is 0 Å². The summed E-state index contributed by atoms with van der Waals surface area (Å²) in [6.45, 7) is 6.51. The maximum Gasteiger partial charge on any atom is 0.296 e. The number of rotatable bonds is 3. The van der Waals surface area contributed by atoms with Gasteiger partial charge in [0, 0.05) is 5.69 Å². The molecule has 2 rings (SSSR count). The van der Waals surface area contributed by atoms with Crippen molar-refractivity contribution in [2.75, 3.05) is 4.72 Å². The molecule has 3 N–H and O–H groups in total. The summed E-state index contributed by atoms with van der Waals surface area (Å²) in [6.07, 6.45) is 0. The van der Waals surface area contributed by atoms with Crippen LogP contribution in [0.2, 0.25) is 0 Å². The fourth-order valence-electron chi connectivity index (χ4n) is 2.27. The van der Waals surface area contributed by atoms with E-state index in [1.807, 2.05) is 24.3 Å². The van der Waals surface area contributed by atoms with Crippen molar-refractivity contribution in [2.24, 2.45) is 5.14 Å². The highest BCUT2D eigenvalue weighted by Gasteiger charge is 2.18. The van der Waals surface area contributed by atoms with Crippen LogP contribution in [-0.4, -0.2) is 8.42 Å². The van der Waals surface area contributed by atoms with Crippen molar-refractivity contribution in [1.29, 1.82) is 0 Å². The van der Waals surface area contributed by atoms with Crippen LogP contribution in [0.25, 0.3) is 11.1 Å². The van der Waals surface area contributed by atoms with Gasteiger partial charge >= 0.3 is 0 Å². The first-order valence-electron chi connectivity index (χ1n) is 6.67. The molecule has 5 heteroatoms. The third kappa shape index (κ3) is 4.06. The second-order valence-corrected chi connectivity index (χ2v) is 7.31. The number of nitrogens with one attached hydrogen (secondary N) is 1. The molecule has 0 radical (unpaired) electrons. The monoisotopic (exact) mass is 304 g/mol. The summed E-state index contributed by atoms with van der Waals surface area (Å²) in [4.78, 5) is 0. The molecule has 0 unspecified atom stereocenters. The Bertz CT molecular complexity index is 730. The SMILES string of the molecule is CC(C)(C)c1ccccc1-c1ccc(NS(N)(=O)=O)cc1. The molecule has 0 aliphatic carbocycles. The first-order valence-corrected chi connectivity index (χ1v) is 8.22. The average molecular weight is 304 g/mol. The van der Waals surface area contributed by atoms with E-state index >= 15 is 0 Å². The molecule has 0 saturated heterocycles. The van der Waals surface area contributed by atoms with Gasteiger partial charge in [-0.05, 0) is 34.2 Å². The number of benzene rings is 2. The zero-order chi connectivity index (χ0) is 15.7. The van der Waals surface area contributed by atoms with Crippen LogP contribution in [0.1, 0.15) is 26.3 Å². The highest BCUT2D eigenvalue weighted by atomic mass is 32.2. The van der Waals surface area contributed by atoms with Gasteiger partial charge in [-0.2, -0.15) is 8.42 Å². The van der Waals surface area contributed by atoms with Crippen LogP contribution in [0.5, 0.6) is 0 Å². The Hall–Kier alpha value is -1.85. The summed E-state index contributed by atoms with van der Waals surface area (Å²) in [5.74, 6) is 0. The third-order valence-electron chi connectivity index (χ3n) is 3.19. The van der Waals surface area contributed by atoms with Crippen LogP contribution >= 0.6 is 0 Å². The lowest BCUT2D eigenvalue weighted by atomic mass is 9.82. The van der Waals surface area contributed by atoms with E-state index in [9.17, 15) is 8.42 Å². The predicted octanol–water partition coefficient (Wildman–Crippen LogP) is 3.27. The molecular formula is C16H20N2O2S. The minimum atomic E-state index is -3.74. The summed E-state index contributed by atoms with van der Waals surface area (Å²) in [6, 6.07) is 15.4. The van der Waals surface area contributed by atoms with Crippen molar-refractivity contribution in [1.82, 2.24) is 0 Å². The van der Waals surface area contributed by atoms with E-state index in [2.05, 4.69) is 37.6 Å². The number of anilines is 1. The van der Waals surface area contributed by atoms with Crippen molar-refractivity contribution in [3.8, 4) is 11.1 Å². The quantitative estimate of drug-likeness (QED) is 0.913. The Morgan fingerprint density at radius 3 is 2.05 bits per heavy atom. The van der Waals surface area contributed by atoms with Gasteiger partial charge in [0.15, 0.2) is 0 Å². The Morgan fingerprint density at radius 2 is 1.52 bits per heavy atom. The topological polar surface area (TPSA) is 72.2 Å². The molecule has 2 aromatic rings. The van der Waals surface area contributed by atoms with Gasteiger partial charge in [0.1, 0.15) is 0 Å². The second kappa shape index (κ2) is 5.50. The molecule has 0 atom stereocenters. The van der Waals surface area contributed by atoms with Gasteiger partial charge in [-0.25, -0.2) is 5.14 Å². The lowest BCUT2D eigenvalue weighted by molar-refractivity contribution is 0.592. The van der Waals surface area contributed by atoms with Gasteiger partial charge in [0.2, 0.25) is 0 Å². The normalized spacial score (nSPS) is 12.2. The summed E-state index contributed by atoms with van der Waals surface area (Å²) >= 11 is 0. The first-order chi connectivity index (χ1) is 9.67. The summed E-state index contributed by atoms with van der Waals surface area (Å²) < 4.78 is 24.3. The zero-order valence-electron chi connectivity index (χ0n) is 12.4. The summed E-state index contributed by atoms with van der Waals surface area (Å²) in [7, 11) is -3.74. The van der Waals surface area contributed by atoms with Gasteiger partial charge in [-0.1, -0.05) is 57.2 Å². The molecule has 0 spiro atoms. The largest absolute Gasteiger partial charge is 0.296 e. The molecule has 0 heterocycles. The molecular weight excluding hydrogens is 284 g/mol. The molecule has 112 valence electrons. The van der Waals surface area contributed by atoms with Gasteiger partial charge in [0.25, 0.3) is 10.2 Å². The summed E-state index contributed by atoms with van der Waals surface area (Å²) in [5, 5.41) is 4.96. The van der Waals surface area contributed by atoms with Crippen molar-refractivity contribution < 1.29 is 8.42 Å².